The minimum atomic E-state index is -1.54. The average molecular weight is 527 g/mol. The number of carbonyl (C=O) groups is 3. The molecule has 2 heterocycles. The van der Waals surface area contributed by atoms with E-state index in [4.69, 9.17) is 4.74 Å². The highest BCUT2D eigenvalue weighted by atomic mass is 32.1. The average Bonchev–Trinajstić information content (AvgIpc) is 3.47. The number of amides is 1. The third kappa shape index (κ3) is 4.27. The number of carboxylic acids is 1. The van der Waals surface area contributed by atoms with E-state index in [9.17, 15) is 19.5 Å². The van der Waals surface area contributed by atoms with Gasteiger partial charge in [-0.3, -0.25) is 9.59 Å². The first-order valence-corrected chi connectivity index (χ1v) is 13.7. The van der Waals surface area contributed by atoms with Crippen molar-refractivity contribution in [1.29, 1.82) is 0 Å². The minimum absolute atomic E-state index is 0.00282. The maximum atomic E-state index is 14.5. The van der Waals surface area contributed by atoms with Gasteiger partial charge in [0.15, 0.2) is 0 Å². The quantitative estimate of drug-likeness (QED) is 0.515. The Balaban J connectivity index is 1.96. The zero-order chi connectivity index (χ0) is 27.5. The number of likely N-dealkylation sites (tertiary alicyclic amines) is 1. The molecule has 8 heteroatoms. The summed E-state index contributed by atoms with van der Waals surface area (Å²) in [5, 5.41) is 13.3. The number of nitrogens with zero attached hydrogens (tertiary/aromatic N) is 2. The maximum absolute atomic E-state index is 14.5. The standard InChI is InChI=1S/C29H38N2O5S/c1-16(2)14-29(26(34)35)19-15-28(6,7)23(32)21(19)22(24-30-11-12-37-24)31(29)25(33)17-9-10-18(27(3,4)5)20(13-17)36-8/h9-13,16,19,21-22H,14-15H2,1-8H3,(H,34,35)/t19?,21-,22+,29-/m0/s1. The van der Waals surface area contributed by atoms with Crippen LogP contribution in [0.4, 0.5) is 0 Å². The van der Waals surface area contributed by atoms with Crippen molar-refractivity contribution in [3.05, 3.63) is 45.9 Å². The third-order valence-corrected chi connectivity index (χ3v) is 8.91. The first-order valence-electron chi connectivity index (χ1n) is 12.9. The molecule has 1 saturated heterocycles. The molecule has 1 aromatic heterocycles. The van der Waals surface area contributed by atoms with Gasteiger partial charge in [-0.25, -0.2) is 9.78 Å². The lowest BCUT2D eigenvalue weighted by Gasteiger charge is -2.42. The number of ether oxygens (including phenoxy) is 1. The van der Waals surface area contributed by atoms with Crippen LogP contribution in [-0.4, -0.2) is 45.3 Å². The number of rotatable bonds is 6. The third-order valence-electron chi connectivity index (χ3n) is 8.06. The Hall–Kier alpha value is -2.74. The summed E-state index contributed by atoms with van der Waals surface area (Å²) in [7, 11) is 1.57. The molecular formula is C29H38N2O5S. The van der Waals surface area contributed by atoms with E-state index in [1.807, 2.05) is 39.1 Å². The van der Waals surface area contributed by atoms with Crippen molar-refractivity contribution in [2.45, 2.75) is 78.3 Å². The Morgan fingerprint density at radius 3 is 2.46 bits per heavy atom. The molecule has 0 bridgehead atoms. The van der Waals surface area contributed by atoms with Gasteiger partial charge in [-0.1, -0.05) is 54.5 Å². The molecular weight excluding hydrogens is 488 g/mol. The number of benzene rings is 1. The van der Waals surface area contributed by atoms with Gasteiger partial charge in [0, 0.05) is 28.5 Å². The highest BCUT2D eigenvalue weighted by Gasteiger charge is 2.71. The molecule has 1 aromatic carbocycles. The molecule has 2 fully saturated rings. The summed E-state index contributed by atoms with van der Waals surface area (Å²) in [6.45, 7) is 13.9. The van der Waals surface area contributed by atoms with Gasteiger partial charge in [0.1, 0.15) is 22.1 Å². The van der Waals surface area contributed by atoms with Crippen molar-refractivity contribution in [1.82, 2.24) is 9.88 Å². The molecule has 0 spiro atoms. The molecule has 7 nitrogen and oxygen atoms in total. The van der Waals surface area contributed by atoms with Crippen LogP contribution in [0.1, 0.15) is 88.3 Å². The molecule has 1 amide bonds. The number of carbonyl (C=O) groups excluding carboxylic acids is 2. The van der Waals surface area contributed by atoms with Crippen molar-refractivity contribution in [3.63, 3.8) is 0 Å². The Labute approximate surface area is 223 Å². The normalized spacial score (nSPS) is 27.0. The largest absolute Gasteiger partial charge is 0.496 e. The molecule has 1 aliphatic heterocycles. The van der Waals surface area contributed by atoms with Gasteiger partial charge in [-0.05, 0) is 41.9 Å². The zero-order valence-corrected chi connectivity index (χ0v) is 23.8. The van der Waals surface area contributed by atoms with E-state index in [1.165, 1.54) is 16.2 Å². The first kappa shape index (κ1) is 27.3. The lowest BCUT2D eigenvalue weighted by Crippen LogP contribution is -2.58. The molecule has 200 valence electrons. The van der Waals surface area contributed by atoms with Crippen LogP contribution in [-0.2, 0) is 15.0 Å². The summed E-state index contributed by atoms with van der Waals surface area (Å²) >= 11 is 1.36. The second-order valence-electron chi connectivity index (χ2n) is 12.6. The Kier molecular flexibility index (Phi) is 6.81. The van der Waals surface area contributed by atoms with Gasteiger partial charge in [0.25, 0.3) is 5.91 Å². The van der Waals surface area contributed by atoms with Crippen LogP contribution in [0.5, 0.6) is 5.75 Å². The molecule has 1 unspecified atom stereocenters. The summed E-state index contributed by atoms with van der Waals surface area (Å²) < 4.78 is 5.66. The van der Waals surface area contributed by atoms with Gasteiger partial charge >= 0.3 is 5.97 Å². The van der Waals surface area contributed by atoms with Gasteiger partial charge in [0.2, 0.25) is 0 Å². The van der Waals surface area contributed by atoms with Crippen LogP contribution in [0.2, 0.25) is 0 Å². The van der Waals surface area contributed by atoms with Gasteiger partial charge in [-0.2, -0.15) is 0 Å². The monoisotopic (exact) mass is 526 g/mol. The number of hydrogen-bond donors (Lipinski definition) is 1. The highest BCUT2D eigenvalue weighted by molar-refractivity contribution is 7.09. The molecule has 1 saturated carbocycles. The van der Waals surface area contributed by atoms with Crippen molar-refractivity contribution in [3.8, 4) is 5.75 Å². The minimum Gasteiger partial charge on any atom is -0.496 e. The van der Waals surface area contributed by atoms with Gasteiger partial charge in [0.05, 0.1) is 19.1 Å². The number of hydrogen-bond acceptors (Lipinski definition) is 6. The lowest BCUT2D eigenvalue weighted by atomic mass is 9.74. The van der Waals surface area contributed by atoms with Crippen LogP contribution in [0.25, 0.3) is 0 Å². The summed E-state index contributed by atoms with van der Waals surface area (Å²) in [5.74, 6) is -2.05. The second kappa shape index (κ2) is 9.22. The Morgan fingerprint density at radius 1 is 1.27 bits per heavy atom. The van der Waals surface area contributed by atoms with E-state index >= 15 is 0 Å². The second-order valence-corrected chi connectivity index (χ2v) is 13.5. The smallest absolute Gasteiger partial charge is 0.329 e. The molecule has 4 atom stereocenters. The number of thiazole rings is 1. The van der Waals surface area contributed by atoms with Gasteiger partial charge < -0.3 is 14.7 Å². The highest BCUT2D eigenvalue weighted by Crippen LogP contribution is 2.62. The summed E-state index contributed by atoms with van der Waals surface area (Å²) in [6, 6.07) is 4.58. The van der Waals surface area contributed by atoms with E-state index in [0.29, 0.717) is 22.7 Å². The molecule has 37 heavy (non-hydrogen) atoms. The van der Waals surface area contributed by atoms with Crippen LogP contribution < -0.4 is 4.74 Å². The van der Waals surface area contributed by atoms with E-state index in [2.05, 4.69) is 25.8 Å². The van der Waals surface area contributed by atoms with Crippen LogP contribution in [0.3, 0.4) is 0 Å². The van der Waals surface area contributed by atoms with Crippen LogP contribution in [0, 0.1) is 23.2 Å². The van der Waals surface area contributed by atoms with Crippen LogP contribution in [0.15, 0.2) is 29.8 Å². The Bertz CT molecular complexity index is 1210. The number of Topliss-reactive ketones (excluding diaryl/α,β-unsaturated/α-hetero) is 1. The van der Waals surface area contributed by atoms with Crippen molar-refractivity contribution >= 4 is 29.0 Å². The molecule has 1 N–H and O–H groups in total. The fourth-order valence-electron chi connectivity index (χ4n) is 6.58. The number of fused-ring (bicyclic) bond motifs is 1. The number of ketones is 1. The van der Waals surface area contributed by atoms with E-state index in [-0.39, 0.29) is 23.5 Å². The predicted octanol–water partition coefficient (Wildman–Crippen LogP) is 5.75. The Morgan fingerprint density at radius 2 is 1.95 bits per heavy atom. The summed E-state index contributed by atoms with van der Waals surface area (Å²) in [5.41, 5.74) is -1.13. The van der Waals surface area contributed by atoms with Crippen LogP contribution >= 0.6 is 11.3 Å². The number of aliphatic carboxylic acids is 1. The maximum Gasteiger partial charge on any atom is 0.329 e. The molecule has 0 radical (unpaired) electrons. The molecule has 4 rings (SSSR count). The molecule has 2 aliphatic rings. The van der Waals surface area contributed by atoms with Crippen molar-refractivity contribution in [2.75, 3.05) is 7.11 Å². The number of methoxy groups -OCH3 is 1. The van der Waals surface area contributed by atoms with E-state index in [1.54, 1.807) is 25.4 Å². The van der Waals surface area contributed by atoms with Crippen molar-refractivity contribution in [2.24, 2.45) is 23.2 Å². The lowest BCUT2D eigenvalue weighted by molar-refractivity contribution is -0.153. The van der Waals surface area contributed by atoms with E-state index in [0.717, 1.165) is 5.56 Å². The molecule has 2 aromatic rings. The fourth-order valence-corrected chi connectivity index (χ4v) is 7.36. The predicted molar refractivity (Wildman–Crippen MR) is 143 cm³/mol. The van der Waals surface area contributed by atoms with E-state index < -0.39 is 40.7 Å². The SMILES string of the molecule is COc1cc(C(=O)N2[C@@H](c3nccs3)[C@H]3C(=O)C(C)(C)CC3[C@@]2(CC(C)C)C(=O)O)ccc1C(C)(C)C. The molecule has 1 aliphatic carbocycles. The van der Waals surface area contributed by atoms with Gasteiger partial charge in [-0.15, -0.1) is 11.3 Å². The summed E-state index contributed by atoms with van der Waals surface area (Å²) in [6.07, 6.45) is 2.30. The van der Waals surface area contributed by atoms with Crippen molar-refractivity contribution < 1.29 is 24.2 Å². The number of aromatic nitrogens is 1. The zero-order valence-electron chi connectivity index (χ0n) is 23.0. The number of carboxylic acid groups (broad SMARTS) is 1. The summed E-state index contributed by atoms with van der Waals surface area (Å²) in [4.78, 5) is 47.6. The fraction of sp³-hybridized carbons (Fsp3) is 0.586. The topological polar surface area (TPSA) is 96.8 Å². The first-order chi connectivity index (χ1) is 17.2.